The van der Waals surface area contributed by atoms with Crippen molar-refractivity contribution in [3.05, 3.63) is 23.7 Å². The lowest BCUT2D eigenvalue weighted by molar-refractivity contribution is 0.198. The van der Waals surface area contributed by atoms with Crippen LogP contribution in [0.15, 0.2) is 12.3 Å². The highest BCUT2D eigenvalue weighted by atomic mass is 16.5. The summed E-state index contributed by atoms with van der Waals surface area (Å²) in [5, 5.41) is 6.84. The Hall–Kier alpha value is -1.50. The van der Waals surface area contributed by atoms with Gasteiger partial charge in [-0.2, -0.15) is 0 Å². The third-order valence-corrected chi connectivity index (χ3v) is 3.17. The molecular weight excluding hydrogens is 254 g/mol. The Bertz CT molecular complexity index is 539. The fourth-order valence-electron chi connectivity index (χ4n) is 2.07. The molecule has 0 amide bonds. The van der Waals surface area contributed by atoms with Gasteiger partial charge in [0.2, 0.25) is 0 Å². The minimum absolute atomic E-state index is 0.388. The fraction of sp³-hybridized carbons (Fsp3) is 0.571. The highest BCUT2D eigenvalue weighted by molar-refractivity contribution is 5.74. The van der Waals surface area contributed by atoms with Gasteiger partial charge in [-0.25, -0.2) is 9.97 Å². The fourth-order valence-corrected chi connectivity index (χ4v) is 2.07. The Balaban J connectivity index is 1.86. The molecule has 2 aromatic rings. The summed E-state index contributed by atoms with van der Waals surface area (Å²) in [5.74, 6) is 0.897. The smallest absolute Gasteiger partial charge is 0.177 e. The predicted molar refractivity (Wildman–Crippen MR) is 79.7 cm³/mol. The molecule has 1 atom stereocenters. The number of aryl methyl sites for hydroxylation is 1. The number of fused-ring (bicyclic) bond motifs is 1. The monoisotopic (exact) mass is 277 g/mol. The number of nitrogens with zero attached hydrogens (tertiary/aromatic N) is 2. The Morgan fingerprint density at radius 1 is 1.45 bits per heavy atom. The number of imidazole rings is 1. The molecule has 0 aliphatic rings. The van der Waals surface area contributed by atoms with Crippen LogP contribution in [0.5, 0.6) is 0 Å². The van der Waals surface area contributed by atoms with Gasteiger partial charge in [-0.15, -0.1) is 0 Å². The molecule has 0 aliphatic carbocycles. The van der Waals surface area contributed by atoms with Gasteiger partial charge in [0.1, 0.15) is 5.82 Å². The molecule has 0 saturated carbocycles. The van der Waals surface area contributed by atoms with E-state index in [0.717, 1.165) is 43.2 Å². The van der Waals surface area contributed by atoms with Crippen LogP contribution in [0.25, 0.3) is 11.2 Å². The topological polar surface area (TPSA) is 74.9 Å². The molecule has 110 valence electrons. The van der Waals surface area contributed by atoms with E-state index in [0.29, 0.717) is 6.04 Å². The lowest BCUT2D eigenvalue weighted by Gasteiger charge is -2.14. The maximum Gasteiger partial charge on any atom is 0.177 e. The minimum Gasteiger partial charge on any atom is -0.383 e. The molecule has 0 aliphatic heterocycles. The highest BCUT2D eigenvalue weighted by Gasteiger charge is 2.07. The largest absolute Gasteiger partial charge is 0.383 e. The first-order valence-corrected chi connectivity index (χ1v) is 6.94. The third-order valence-electron chi connectivity index (χ3n) is 3.17. The second-order valence-corrected chi connectivity index (χ2v) is 4.97. The summed E-state index contributed by atoms with van der Waals surface area (Å²) in [5.41, 5.74) is 3.00. The van der Waals surface area contributed by atoms with Crippen molar-refractivity contribution >= 4 is 11.2 Å². The molecule has 0 bridgehead atoms. The summed E-state index contributed by atoms with van der Waals surface area (Å²) in [6.07, 6.45) is 1.81. The van der Waals surface area contributed by atoms with Crippen LogP contribution in [0.1, 0.15) is 18.3 Å². The number of H-pyrrole nitrogens is 1. The molecule has 2 aromatic heterocycles. The molecule has 6 nitrogen and oxygen atoms in total. The SMILES string of the molecule is COCCNCC(C)NCc1ccnc2nc(C)[nH]c12. The van der Waals surface area contributed by atoms with Crippen LogP contribution in [-0.2, 0) is 11.3 Å². The van der Waals surface area contributed by atoms with Gasteiger partial charge in [0.05, 0.1) is 12.1 Å². The van der Waals surface area contributed by atoms with Gasteiger partial charge >= 0.3 is 0 Å². The van der Waals surface area contributed by atoms with Crippen molar-refractivity contribution in [2.24, 2.45) is 0 Å². The molecule has 0 spiro atoms. The van der Waals surface area contributed by atoms with E-state index >= 15 is 0 Å². The minimum atomic E-state index is 0.388. The zero-order chi connectivity index (χ0) is 14.4. The molecule has 2 heterocycles. The van der Waals surface area contributed by atoms with Crippen LogP contribution in [0.3, 0.4) is 0 Å². The van der Waals surface area contributed by atoms with E-state index in [1.807, 2.05) is 13.0 Å². The third kappa shape index (κ3) is 4.00. The second-order valence-electron chi connectivity index (χ2n) is 4.97. The number of methoxy groups -OCH3 is 1. The van der Waals surface area contributed by atoms with Crippen molar-refractivity contribution in [3.63, 3.8) is 0 Å². The Kier molecular flexibility index (Phi) is 5.46. The molecule has 0 aromatic carbocycles. The van der Waals surface area contributed by atoms with Gasteiger partial charge in [0.25, 0.3) is 0 Å². The van der Waals surface area contributed by atoms with Crippen molar-refractivity contribution in [2.75, 3.05) is 26.8 Å². The Morgan fingerprint density at radius 3 is 3.10 bits per heavy atom. The summed E-state index contributed by atoms with van der Waals surface area (Å²) < 4.78 is 5.00. The summed E-state index contributed by atoms with van der Waals surface area (Å²) >= 11 is 0. The maximum atomic E-state index is 5.00. The lowest BCUT2D eigenvalue weighted by Crippen LogP contribution is -2.37. The number of rotatable bonds is 8. The quantitative estimate of drug-likeness (QED) is 0.627. The molecule has 0 saturated heterocycles. The van der Waals surface area contributed by atoms with Crippen LogP contribution in [0.4, 0.5) is 0 Å². The number of nitrogens with one attached hydrogen (secondary N) is 3. The van der Waals surface area contributed by atoms with Gasteiger partial charge < -0.3 is 20.4 Å². The number of hydrogen-bond acceptors (Lipinski definition) is 5. The van der Waals surface area contributed by atoms with Gasteiger partial charge in [0.15, 0.2) is 5.65 Å². The van der Waals surface area contributed by atoms with E-state index in [1.165, 1.54) is 5.56 Å². The van der Waals surface area contributed by atoms with Gasteiger partial charge in [0, 0.05) is 39.0 Å². The Morgan fingerprint density at radius 2 is 2.30 bits per heavy atom. The van der Waals surface area contributed by atoms with Crippen LogP contribution in [-0.4, -0.2) is 47.8 Å². The van der Waals surface area contributed by atoms with E-state index in [-0.39, 0.29) is 0 Å². The first-order chi connectivity index (χ1) is 9.70. The first-order valence-electron chi connectivity index (χ1n) is 6.94. The normalized spacial score (nSPS) is 12.9. The molecule has 2 rings (SSSR count). The van der Waals surface area contributed by atoms with Crippen molar-refractivity contribution in [2.45, 2.75) is 26.4 Å². The standard InChI is InChI=1S/C14H23N5O/c1-10(8-15-6-7-20-3)17-9-12-4-5-16-14-13(12)18-11(2)19-14/h4-5,10,15,17H,6-9H2,1-3H3,(H,16,18,19). The van der Waals surface area contributed by atoms with Crippen LogP contribution >= 0.6 is 0 Å². The van der Waals surface area contributed by atoms with Crippen molar-refractivity contribution in [1.82, 2.24) is 25.6 Å². The number of aromatic nitrogens is 3. The number of ether oxygens (including phenoxy) is 1. The highest BCUT2D eigenvalue weighted by Crippen LogP contribution is 2.13. The summed E-state index contributed by atoms with van der Waals surface area (Å²) in [6.45, 7) is 7.44. The summed E-state index contributed by atoms with van der Waals surface area (Å²) in [6, 6.07) is 2.41. The van der Waals surface area contributed by atoms with E-state index in [4.69, 9.17) is 4.74 Å². The predicted octanol–water partition coefficient (Wildman–Crippen LogP) is 0.980. The summed E-state index contributed by atoms with van der Waals surface area (Å²) in [4.78, 5) is 11.9. The first kappa shape index (κ1) is 14.9. The van der Waals surface area contributed by atoms with Crippen molar-refractivity contribution in [1.29, 1.82) is 0 Å². The maximum absolute atomic E-state index is 5.00. The summed E-state index contributed by atoms with van der Waals surface area (Å²) in [7, 11) is 1.71. The van der Waals surface area contributed by atoms with Crippen LogP contribution in [0.2, 0.25) is 0 Å². The van der Waals surface area contributed by atoms with Crippen molar-refractivity contribution < 1.29 is 4.74 Å². The molecular formula is C14H23N5O. The van der Waals surface area contributed by atoms with Gasteiger partial charge in [-0.05, 0) is 25.5 Å². The van der Waals surface area contributed by atoms with Crippen LogP contribution < -0.4 is 10.6 Å². The average Bonchev–Trinajstić information content (AvgIpc) is 2.82. The second kappa shape index (κ2) is 7.33. The average molecular weight is 277 g/mol. The van der Waals surface area contributed by atoms with Gasteiger partial charge in [-0.1, -0.05) is 0 Å². The van der Waals surface area contributed by atoms with Crippen LogP contribution in [0, 0.1) is 6.92 Å². The van der Waals surface area contributed by atoms with E-state index in [1.54, 1.807) is 13.3 Å². The van der Waals surface area contributed by atoms with E-state index in [2.05, 4.69) is 32.5 Å². The zero-order valence-corrected chi connectivity index (χ0v) is 12.4. The van der Waals surface area contributed by atoms with E-state index < -0.39 is 0 Å². The Labute approximate surface area is 119 Å². The molecule has 0 fully saturated rings. The molecule has 20 heavy (non-hydrogen) atoms. The van der Waals surface area contributed by atoms with Crippen molar-refractivity contribution in [3.8, 4) is 0 Å². The lowest BCUT2D eigenvalue weighted by atomic mass is 10.2. The zero-order valence-electron chi connectivity index (χ0n) is 12.4. The van der Waals surface area contributed by atoms with E-state index in [9.17, 15) is 0 Å². The molecule has 6 heteroatoms. The molecule has 0 radical (unpaired) electrons. The number of pyridine rings is 1. The molecule has 3 N–H and O–H groups in total. The molecule has 1 unspecified atom stereocenters. The van der Waals surface area contributed by atoms with Gasteiger partial charge in [-0.3, -0.25) is 0 Å². The number of hydrogen-bond donors (Lipinski definition) is 3. The number of aromatic amines is 1.